The maximum absolute atomic E-state index is 12.4. The predicted molar refractivity (Wildman–Crippen MR) is 77.9 cm³/mol. The van der Waals surface area contributed by atoms with Crippen molar-refractivity contribution in [2.75, 3.05) is 11.9 Å². The zero-order valence-corrected chi connectivity index (χ0v) is 12.5. The molecular formula is C14H22N2O2S. The van der Waals surface area contributed by atoms with E-state index in [-0.39, 0.29) is 12.0 Å². The Morgan fingerprint density at radius 2 is 2.11 bits per heavy atom. The van der Waals surface area contributed by atoms with E-state index in [4.69, 9.17) is 0 Å². The molecule has 0 spiro atoms. The molecule has 0 saturated carbocycles. The van der Waals surface area contributed by atoms with Crippen LogP contribution in [0.5, 0.6) is 0 Å². The van der Waals surface area contributed by atoms with E-state index in [1.807, 2.05) is 26.8 Å². The Kier molecular flexibility index (Phi) is 4.16. The molecule has 1 aromatic rings. The monoisotopic (exact) mass is 282 g/mol. The first-order valence-corrected chi connectivity index (χ1v) is 8.31. The van der Waals surface area contributed by atoms with Crippen LogP contribution < -0.4 is 10.0 Å². The second-order valence-corrected chi connectivity index (χ2v) is 7.09. The molecule has 2 N–H and O–H groups in total. The molecule has 0 fully saturated rings. The molecule has 0 amide bonds. The van der Waals surface area contributed by atoms with Crippen LogP contribution in [0.2, 0.25) is 0 Å². The predicted octanol–water partition coefficient (Wildman–Crippen LogP) is 2.37. The maximum atomic E-state index is 12.4. The fraction of sp³-hybridized carbons (Fsp3) is 0.571. The normalized spacial score (nSPS) is 16.2. The number of rotatable bonds is 5. The highest BCUT2D eigenvalue weighted by atomic mass is 32.2. The van der Waals surface area contributed by atoms with Gasteiger partial charge < -0.3 is 5.32 Å². The van der Waals surface area contributed by atoms with Crippen LogP contribution in [0.15, 0.2) is 23.1 Å². The molecule has 0 bridgehead atoms. The lowest BCUT2D eigenvalue weighted by Crippen LogP contribution is -2.37. The van der Waals surface area contributed by atoms with Crippen LogP contribution >= 0.6 is 0 Å². The first-order chi connectivity index (χ1) is 8.94. The first kappa shape index (κ1) is 14.3. The second kappa shape index (κ2) is 5.51. The molecule has 1 atom stereocenters. The zero-order chi connectivity index (χ0) is 14.0. The Bertz CT molecular complexity index is 553. The summed E-state index contributed by atoms with van der Waals surface area (Å²) in [7, 11) is -3.43. The van der Waals surface area contributed by atoms with Gasteiger partial charge in [0.1, 0.15) is 0 Å². The lowest BCUT2D eigenvalue weighted by atomic mass is 10.0. The molecule has 0 radical (unpaired) electrons. The highest BCUT2D eigenvalue weighted by molar-refractivity contribution is 7.89. The summed E-state index contributed by atoms with van der Waals surface area (Å²) in [5.41, 5.74) is 2.13. The van der Waals surface area contributed by atoms with Gasteiger partial charge in [-0.3, -0.25) is 0 Å². The highest BCUT2D eigenvalue weighted by Crippen LogP contribution is 2.25. The topological polar surface area (TPSA) is 58.2 Å². The Hall–Kier alpha value is -1.07. The molecule has 0 aliphatic carbocycles. The summed E-state index contributed by atoms with van der Waals surface area (Å²) in [6.45, 7) is 6.94. The third kappa shape index (κ3) is 3.09. The molecule has 1 aromatic carbocycles. The van der Waals surface area contributed by atoms with Gasteiger partial charge in [-0.15, -0.1) is 0 Å². The van der Waals surface area contributed by atoms with Crippen molar-refractivity contribution in [1.82, 2.24) is 4.72 Å². The summed E-state index contributed by atoms with van der Waals surface area (Å²) in [5, 5.41) is 3.21. The van der Waals surface area contributed by atoms with Gasteiger partial charge in [0.2, 0.25) is 10.0 Å². The number of sulfonamides is 1. The van der Waals surface area contributed by atoms with E-state index in [9.17, 15) is 8.42 Å². The van der Waals surface area contributed by atoms with Gasteiger partial charge in [-0.2, -0.15) is 0 Å². The fourth-order valence-corrected chi connectivity index (χ4v) is 3.89. The van der Waals surface area contributed by atoms with Crippen molar-refractivity contribution in [1.29, 1.82) is 0 Å². The van der Waals surface area contributed by atoms with Gasteiger partial charge in [-0.25, -0.2) is 13.1 Å². The van der Waals surface area contributed by atoms with Crippen LogP contribution in [0.1, 0.15) is 32.8 Å². The number of anilines is 1. The molecule has 0 saturated heterocycles. The minimum atomic E-state index is -3.43. The molecule has 1 aliphatic heterocycles. The van der Waals surface area contributed by atoms with E-state index in [0.29, 0.717) is 4.90 Å². The van der Waals surface area contributed by atoms with Gasteiger partial charge in [0, 0.05) is 18.3 Å². The maximum Gasteiger partial charge on any atom is 0.240 e. The summed E-state index contributed by atoms with van der Waals surface area (Å²) < 4.78 is 27.5. The van der Waals surface area contributed by atoms with Gasteiger partial charge >= 0.3 is 0 Å². The van der Waals surface area contributed by atoms with Gasteiger partial charge in [0.25, 0.3) is 0 Å². The van der Waals surface area contributed by atoms with Crippen molar-refractivity contribution in [3.63, 3.8) is 0 Å². The van der Waals surface area contributed by atoms with Gasteiger partial charge in [-0.1, -0.05) is 26.8 Å². The zero-order valence-electron chi connectivity index (χ0n) is 11.7. The minimum Gasteiger partial charge on any atom is -0.384 e. The summed E-state index contributed by atoms with van der Waals surface area (Å²) in [4.78, 5) is 0.347. The van der Waals surface area contributed by atoms with Crippen molar-refractivity contribution in [3.05, 3.63) is 23.8 Å². The number of fused-ring (bicyclic) bond motifs is 1. The third-order valence-electron chi connectivity index (χ3n) is 3.65. The molecule has 1 heterocycles. The Morgan fingerprint density at radius 3 is 2.74 bits per heavy atom. The van der Waals surface area contributed by atoms with Crippen LogP contribution in [-0.2, 0) is 16.4 Å². The Balaban J connectivity index is 2.24. The molecule has 4 nitrogen and oxygen atoms in total. The van der Waals surface area contributed by atoms with Gasteiger partial charge in [0.05, 0.1) is 4.90 Å². The summed E-state index contributed by atoms with van der Waals surface area (Å²) in [6, 6.07) is 5.31. The quantitative estimate of drug-likeness (QED) is 0.871. The number of nitrogens with one attached hydrogen (secondary N) is 2. The minimum absolute atomic E-state index is 0.0220. The van der Waals surface area contributed by atoms with Crippen LogP contribution in [0, 0.1) is 5.92 Å². The largest absolute Gasteiger partial charge is 0.384 e. The summed E-state index contributed by atoms with van der Waals surface area (Å²) in [5.74, 6) is 0.285. The lowest BCUT2D eigenvalue weighted by molar-refractivity contribution is 0.437. The van der Waals surface area contributed by atoms with Crippen LogP contribution in [0.3, 0.4) is 0 Å². The van der Waals surface area contributed by atoms with E-state index in [0.717, 1.165) is 25.1 Å². The molecule has 1 unspecified atom stereocenters. The van der Waals surface area contributed by atoms with Gasteiger partial charge in [-0.05, 0) is 36.5 Å². The molecule has 19 heavy (non-hydrogen) atoms. The average Bonchev–Trinajstić information content (AvgIpc) is 2.82. The van der Waals surface area contributed by atoms with E-state index >= 15 is 0 Å². The number of hydrogen-bond acceptors (Lipinski definition) is 3. The first-order valence-electron chi connectivity index (χ1n) is 6.83. The van der Waals surface area contributed by atoms with Crippen molar-refractivity contribution in [2.45, 2.75) is 44.6 Å². The molecule has 1 aliphatic rings. The van der Waals surface area contributed by atoms with Crippen molar-refractivity contribution in [2.24, 2.45) is 5.92 Å². The van der Waals surface area contributed by atoms with Crippen LogP contribution in [-0.4, -0.2) is 21.0 Å². The molecule has 0 aromatic heterocycles. The molecular weight excluding hydrogens is 260 g/mol. The van der Waals surface area contributed by atoms with E-state index in [1.54, 1.807) is 12.1 Å². The number of hydrogen-bond donors (Lipinski definition) is 2. The lowest BCUT2D eigenvalue weighted by Gasteiger charge is -2.20. The molecule has 5 heteroatoms. The smallest absolute Gasteiger partial charge is 0.240 e. The van der Waals surface area contributed by atoms with Crippen molar-refractivity contribution < 1.29 is 8.42 Å². The van der Waals surface area contributed by atoms with Crippen molar-refractivity contribution >= 4 is 15.7 Å². The summed E-state index contributed by atoms with van der Waals surface area (Å²) >= 11 is 0. The Morgan fingerprint density at radius 1 is 1.37 bits per heavy atom. The molecule has 106 valence electrons. The number of benzene rings is 1. The van der Waals surface area contributed by atoms with Gasteiger partial charge in [0.15, 0.2) is 0 Å². The van der Waals surface area contributed by atoms with Crippen LogP contribution in [0.25, 0.3) is 0 Å². The molecule has 2 rings (SSSR count). The third-order valence-corrected chi connectivity index (χ3v) is 5.14. The second-order valence-electron chi connectivity index (χ2n) is 5.38. The SMILES string of the molecule is CCC(NS(=O)(=O)c1ccc2c(c1)NCC2)C(C)C. The standard InChI is InChI=1S/C14H22N2O2S/c1-4-13(10(2)3)16-19(17,18)12-6-5-11-7-8-15-14(11)9-12/h5-6,9-10,13,15-16H,4,7-8H2,1-3H3. The summed E-state index contributed by atoms with van der Waals surface area (Å²) in [6.07, 6.45) is 1.76. The fourth-order valence-electron chi connectivity index (χ4n) is 2.40. The van der Waals surface area contributed by atoms with E-state index in [2.05, 4.69) is 10.0 Å². The average molecular weight is 282 g/mol. The van der Waals surface area contributed by atoms with E-state index < -0.39 is 10.0 Å². The Labute approximate surface area is 115 Å². The van der Waals surface area contributed by atoms with E-state index in [1.165, 1.54) is 5.56 Å². The van der Waals surface area contributed by atoms with Crippen LogP contribution in [0.4, 0.5) is 5.69 Å². The highest BCUT2D eigenvalue weighted by Gasteiger charge is 2.22. The van der Waals surface area contributed by atoms with Crippen molar-refractivity contribution in [3.8, 4) is 0 Å².